The number of amides is 2. The summed E-state index contributed by atoms with van der Waals surface area (Å²) >= 11 is 0. The van der Waals surface area contributed by atoms with Gasteiger partial charge in [-0.05, 0) is 96.8 Å². The van der Waals surface area contributed by atoms with Crippen molar-refractivity contribution in [2.75, 3.05) is 48.3 Å². The van der Waals surface area contributed by atoms with Gasteiger partial charge in [0.2, 0.25) is 26.8 Å². The summed E-state index contributed by atoms with van der Waals surface area (Å²) in [7, 11) is -1.37. The van der Waals surface area contributed by atoms with Crippen LogP contribution in [-0.4, -0.2) is 95.3 Å². The third-order valence-corrected chi connectivity index (χ3v) is 11.8. The molecular weight excluding hydrogens is 967 g/mol. The number of anilines is 3. The van der Waals surface area contributed by atoms with E-state index in [1.54, 1.807) is 108 Å². The summed E-state index contributed by atoms with van der Waals surface area (Å²) in [5.41, 5.74) is -5.23. The number of hydrogen-bond donors (Lipinski definition) is 0. The Labute approximate surface area is 413 Å². The van der Waals surface area contributed by atoms with Gasteiger partial charge in [-0.15, -0.1) is 0 Å². The van der Waals surface area contributed by atoms with Crippen LogP contribution in [0.4, 0.5) is 44.7 Å². The standard InChI is InChI=1S/C49H53F4N9O9S/c1-27-35(49(51,52)53)38(57-43(55-27)60(25-29-14-18-31(67-9)19-15-29)26-30-16-20-32(68-10)21-17-30)39-36(50)37-34-41(59-44(58-37)72(11,65)66)61(23-24-69-42(34)56-39)28(2)33-13-12-22-54-40(33)62(45(63)70-47(3,4)5)46(64)71-48(6,7)8/h12-22,28H,23-26H2,1-11H3/t28-/m1/s1. The molecule has 0 radical (unpaired) electrons. The minimum absolute atomic E-state index is 0.0660. The highest BCUT2D eigenvalue weighted by Crippen LogP contribution is 2.45. The third kappa shape index (κ3) is 11.5. The number of pyridine rings is 2. The summed E-state index contributed by atoms with van der Waals surface area (Å²) in [5, 5.41) is -1.18. The Hall–Kier alpha value is -7.43. The Bertz CT molecular complexity index is 3050. The lowest BCUT2D eigenvalue weighted by atomic mass is 10.1. The minimum Gasteiger partial charge on any atom is -0.497 e. The molecule has 6 aromatic rings. The summed E-state index contributed by atoms with van der Waals surface area (Å²) in [6, 6.07) is 16.0. The van der Waals surface area contributed by atoms with Gasteiger partial charge in [0, 0.05) is 31.1 Å². The fourth-order valence-corrected chi connectivity index (χ4v) is 8.23. The predicted octanol–water partition coefficient (Wildman–Crippen LogP) is 9.61. The van der Waals surface area contributed by atoms with Crippen molar-refractivity contribution in [1.29, 1.82) is 0 Å². The first-order chi connectivity index (χ1) is 33.7. The molecular formula is C49H53F4N9O9S. The molecule has 0 spiro atoms. The molecule has 23 heteroatoms. The second kappa shape index (κ2) is 20.0. The number of ether oxygens (including phenoxy) is 5. The zero-order valence-electron chi connectivity index (χ0n) is 41.4. The van der Waals surface area contributed by atoms with Crippen LogP contribution in [-0.2, 0) is 38.6 Å². The van der Waals surface area contributed by atoms with E-state index in [1.165, 1.54) is 31.4 Å². The molecule has 382 valence electrons. The smallest absolute Gasteiger partial charge is 0.425 e. The lowest BCUT2D eigenvalue weighted by Gasteiger charge is -2.33. The molecule has 0 aliphatic carbocycles. The van der Waals surface area contributed by atoms with Crippen LogP contribution in [0.5, 0.6) is 17.4 Å². The van der Waals surface area contributed by atoms with Gasteiger partial charge < -0.3 is 33.5 Å². The normalized spacial score (nSPS) is 13.5. The number of nitrogens with zero attached hydrogens (tertiary/aromatic N) is 9. The van der Waals surface area contributed by atoms with Crippen molar-refractivity contribution in [2.45, 2.75) is 97.1 Å². The summed E-state index contributed by atoms with van der Waals surface area (Å²) < 4.78 is 118. The highest BCUT2D eigenvalue weighted by Gasteiger charge is 2.42. The van der Waals surface area contributed by atoms with Gasteiger partial charge in [-0.25, -0.2) is 52.3 Å². The first kappa shape index (κ1) is 52.4. The van der Waals surface area contributed by atoms with Crippen LogP contribution < -0.4 is 28.9 Å². The quantitative estimate of drug-likeness (QED) is 0.0827. The van der Waals surface area contributed by atoms with E-state index in [0.29, 0.717) is 27.5 Å². The maximum atomic E-state index is 17.7. The molecule has 2 amide bonds. The molecule has 0 bridgehead atoms. The van der Waals surface area contributed by atoms with Crippen LogP contribution in [0.25, 0.3) is 22.3 Å². The van der Waals surface area contributed by atoms with Crippen LogP contribution in [0.15, 0.2) is 72.0 Å². The average molecular weight is 1020 g/mol. The molecule has 7 rings (SSSR count). The molecule has 0 saturated heterocycles. The fourth-order valence-electron chi connectivity index (χ4n) is 7.73. The highest BCUT2D eigenvalue weighted by molar-refractivity contribution is 7.90. The zero-order chi connectivity index (χ0) is 52.7. The minimum atomic E-state index is -5.16. The number of alkyl halides is 3. The SMILES string of the molecule is COc1ccc(CN(Cc2ccc(OC)cc2)c2nc(C)c(C(F)(F)F)c(-c3nc4c5c(nc(S(C)(=O)=O)nc5c3F)N([C@H](C)c3cccnc3N(C(=O)OC(C)(C)C)C(=O)OC(C)(C)C)CCO4)n2)cc1. The van der Waals surface area contributed by atoms with Gasteiger partial charge >= 0.3 is 18.4 Å². The fraction of sp³-hybridized carbons (Fsp3) is 0.388. The molecule has 5 heterocycles. The van der Waals surface area contributed by atoms with E-state index >= 15 is 17.6 Å². The molecule has 18 nitrogen and oxygen atoms in total. The van der Waals surface area contributed by atoms with Gasteiger partial charge in [-0.2, -0.15) is 18.1 Å². The number of aryl methyl sites for hydroxylation is 1. The largest absolute Gasteiger partial charge is 0.497 e. The molecule has 1 atom stereocenters. The Morgan fingerprint density at radius 1 is 0.806 bits per heavy atom. The van der Waals surface area contributed by atoms with Gasteiger partial charge in [-0.3, -0.25) is 0 Å². The van der Waals surface area contributed by atoms with E-state index in [1.807, 2.05) is 0 Å². The number of halogens is 4. The molecule has 0 N–H and O–H groups in total. The van der Waals surface area contributed by atoms with E-state index in [-0.39, 0.29) is 54.8 Å². The van der Waals surface area contributed by atoms with Crippen LogP contribution in [0.3, 0.4) is 0 Å². The lowest BCUT2D eigenvalue weighted by molar-refractivity contribution is -0.138. The van der Waals surface area contributed by atoms with Gasteiger partial charge in [0.05, 0.1) is 32.5 Å². The molecule has 0 saturated carbocycles. The molecule has 72 heavy (non-hydrogen) atoms. The monoisotopic (exact) mass is 1020 g/mol. The number of carbonyl (C=O) groups is 2. The lowest BCUT2D eigenvalue weighted by Crippen LogP contribution is -2.45. The van der Waals surface area contributed by atoms with Gasteiger partial charge in [0.15, 0.2) is 11.6 Å². The first-order valence-electron chi connectivity index (χ1n) is 22.4. The molecule has 1 aliphatic heterocycles. The summed E-state index contributed by atoms with van der Waals surface area (Å²) in [5.74, 6) is -1.49. The molecule has 1 aliphatic rings. The Morgan fingerprint density at radius 3 is 1.86 bits per heavy atom. The number of rotatable bonds is 12. The number of aromatic nitrogens is 6. The average Bonchev–Trinajstić information content (AvgIpc) is 3.47. The molecule has 0 fully saturated rings. The van der Waals surface area contributed by atoms with Gasteiger partial charge in [0.1, 0.15) is 63.0 Å². The van der Waals surface area contributed by atoms with Crippen LogP contribution >= 0.6 is 0 Å². The third-order valence-electron chi connectivity index (χ3n) is 10.9. The van der Waals surface area contributed by atoms with Gasteiger partial charge in [0.25, 0.3) is 0 Å². The van der Waals surface area contributed by atoms with E-state index in [4.69, 9.17) is 23.7 Å². The van der Waals surface area contributed by atoms with E-state index in [0.717, 1.165) is 13.2 Å². The van der Waals surface area contributed by atoms with E-state index in [2.05, 4.69) is 29.9 Å². The second-order valence-electron chi connectivity index (χ2n) is 18.7. The van der Waals surface area contributed by atoms with E-state index in [9.17, 15) is 18.0 Å². The van der Waals surface area contributed by atoms with E-state index < -0.39 is 90.5 Å². The van der Waals surface area contributed by atoms with Crippen molar-refractivity contribution >= 4 is 50.5 Å². The maximum absolute atomic E-state index is 17.7. The Balaban J connectivity index is 1.43. The number of imide groups is 1. The van der Waals surface area contributed by atoms with Crippen molar-refractivity contribution < 1.29 is 59.3 Å². The van der Waals surface area contributed by atoms with Crippen molar-refractivity contribution in [1.82, 2.24) is 29.9 Å². The van der Waals surface area contributed by atoms with Crippen LogP contribution in [0, 0.1) is 12.7 Å². The number of carbonyl (C=O) groups excluding carboxylic acids is 2. The number of hydrogen-bond acceptors (Lipinski definition) is 17. The van der Waals surface area contributed by atoms with Crippen LogP contribution in [0.2, 0.25) is 0 Å². The number of methoxy groups -OCH3 is 2. The first-order valence-corrected chi connectivity index (χ1v) is 24.2. The van der Waals surface area contributed by atoms with Crippen LogP contribution in [0.1, 0.15) is 82.5 Å². The number of benzene rings is 2. The summed E-state index contributed by atoms with van der Waals surface area (Å²) in [4.78, 5) is 57.4. The van der Waals surface area contributed by atoms with Gasteiger partial charge in [-0.1, -0.05) is 30.3 Å². The predicted molar refractivity (Wildman–Crippen MR) is 257 cm³/mol. The van der Waals surface area contributed by atoms with Crippen molar-refractivity contribution in [2.24, 2.45) is 0 Å². The van der Waals surface area contributed by atoms with Crippen molar-refractivity contribution in [3.8, 4) is 28.8 Å². The summed E-state index contributed by atoms with van der Waals surface area (Å²) in [6.07, 6.45) is -5.30. The highest BCUT2D eigenvalue weighted by atomic mass is 32.2. The topological polar surface area (TPSA) is 201 Å². The number of sulfone groups is 1. The molecule has 4 aromatic heterocycles. The Morgan fingerprint density at radius 2 is 1.36 bits per heavy atom. The zero-order valence-corrected chi connectivity index (χ0v) is 42.2. The summed E-state index contributed by atoms with van der Waals surface area (Å²) in [6.45, 7) is 12.0. The Kier molecular flexibility index (Phi) is 14.5. The second-order valence-corrected chi connectivity index (χ2v) is 20.6. The van der Waals surface area contributed by atoms with Crippen molar-refractivity contribution in [3.05, 3.63) is 101 Å². The maximum Gasteiger partial charge on any atom is 0.425 e. The molecule has 2 aromatic carbocycles. The van der Waals surface area contributed by atoms with Crippen molar-refractivity contribution in [3.63, 3.8) is 0 Å². The molecule has 0 unspecified atom stereocenters.